The molecule has 2 unspecified atom stereocenters. The van der Waals surface area contributed by atoms with Gasteiger partial charge in [0.05, 0.1) is 0 Å². The van der Waals surface area contributed by atoms with Crippen molar-refractivity contribution in [2.75, 3.05) is 20.3 Å². The van der Waals surface area contributed by atoms with Crippen molar-refractivity contribution >= 4 is 0 Å². The Labute approximate surface area is 89.4 Å². The molecule has 0 aromatic heterocycles. The largest absolute Gasteiger partial charge is 0.385 e. The van der Waals surface area contributed by atoms with Crippen LogP contribution in [0.25, 0.3) is 0 Å². The predicted octanol–water partition coefficient (Wildman–Crippen LogP) is 2.68. The summed E-state index contributed by atoms with van der Waals surface area (Å²) in [5, 5.41) is 3.48. The van der Waals surface area contributed by atoms with Crippen molar-refractivity contribution in [3.8, 4) is 0 Å². The highest BCUT2D eigenvalue weighted by atomic mass is 16.5. The lowest BCUT2D eigenvalue weighted by atomic mass is 9.95. The van der Waals surface area contributed by atoms with Gasteiger partial charge in [-0.05, 0) is 31.2 Å². The van der Waals surface area contributed by atoms with Gasteiger partial charge in [-0.2, -0.15) is 0 Å². The Morgan fingerprint density at radius 2 is 1.71 bits per heavy atom. The van der Waals surface area contributed by atoms with Gasteiger partial charge in [-0.25, -0.2) is 0 Å². The summed E-state index contributed by atoms with van der Waals surface area (Å²) in [5.74, 6) is 1.54. The van der Waals surface area contributed by atoms with E-state index in [9.17, 15) is 0 Å². The Balaban J connectivity index is 3.44. The molecule has 0 amide bonds. The van der Waals surface area contributed by atoms with E-state index < -0.39 is 0 Å². The van der Waals surface area contributed by atoms with Gasteiger partial charge in [-0.1, -0.05) is 27.7 Å². The highest BCUT2D eigenvalue weighted by Crippen LogP contribution is 2.14. The molecule has 14 heavy (non-hydrogen) atoms. The third kappa shape index (κ3) is 8.52. The Kier molecular flexibility index (Phi) is 8.20. The topological polar surface area (TPSA) is 21.3 Å². The van der Waals surface area contributed by atoms with Crippen molar-refractivity contribution in [2.45, 2.75) is 46.6 Å². The number of nitrogens with one attached hydrogen (secondary N) is 1. The van der Waals surface area contributed by atoms with Crippen LogP contribution in [0.2, 0.25) is 0 Å². The summed E-state index contributed by atoms with van der Waals surface area (Å²) < 4.78 is 5.08. The van der Waals surface area contributed by atoms with Gasteiger partial charge < -0.3 is 10.1 Å². The Hall–Kier alpha value is -0.0800. The van der Waals surface area contributed by atoms with Crippen LogP contribution in [0.15, 0.2) is 0 Å². The van der Waals surface area contributed by atoms with Gasteiger partial charge in [0.1, 0.15) is 0 Å². The van der Waals surface area contributed by atoms with E-state index in [-0.39, 0.29) is 0 Å². The molecular weight excluding hydrogens is 174 g/mol. The maximum absolute atomic E-state index is 5.08. The van der Waals surface area contributed by atoms with E-state index in [2.05, 4.69) is 33.0 Å². The number of ether oxygens (including phenoxy) is 1. The molecule has 0 saturated heterocycles. The van der Waals surface area contributed by atoms with Crippen molar-refractivity contribution in [2.24, 2.45) is 11.8 Å². The Bertz CT molecular complexity index is 125. The molecule has 0 aliphatic rings. The van der Waals surface area contributed by atoms with Crippen LogP contribution >= 0.6 is 0 Å². The SMILES string of the molecule is COCCC(C)CC(C)CNC(C)C. The minimum absolute atomic E-state index is 0.603. The molecule has 0 radical (unpaired) electrons. The molecule has 0 aromatic rings. The first-order valence-electron chi connectivity index (χ1n) is 5.78. The van der Waals surface area contributed by atoms with Crippen LogP contribution in [-0.4, -0.2) is 26.3 Å². The molecule has 0 spiro atoms. The van der Waals surface area contributed by atoms with E-state index >= 15 is 0 Å². The molecular formula is C12H27NO. The smallest absolute Gasteiger partial charge is 0.0464 e. The summed E-state index contributed by atoms with van der Waals surface area (Å²) in [6, 6.07) is 0.603. The number of rotatable bonds is 8. The van der Waals surface area contributed by atoms with Crippen LogP contribution in [0.1, 0.15) is 40.5 Å². The van der Waals surface area contributed by atoms with Crippen LogP contribution in [0, 0.1) is 11.8 Å². The summed E-state index contributed by atoms with van der Waals surface area (Å²) in [6.07, 6.45) is 2.48. The summed E-state index contributed by atoms with van der Waals surface area (Å²) in [4.78, 5) is 0. The lowest BCUT2D eigenvalue weighted by Crippen LogP contribution is -2.28. The Morgan fingerprint density at radius 3 is 2.21 bits per heavy atom. The standard InChI is InChI=1S/C12H27NO/c1-10(2)13-9-12(4)8-11(3)6-7-14-5/h10-13H,6-9H2,1-5H3. The zero-order valence-electron chi connectivity index (χ0n) is 10.5. The van der Waals surface area contributed by atoms with E-state index in [1.165, 1.54) is 12.8 Å². The number of hydrogen-bond donors (Lipinski definition) is 1. The second-order valence-corrected chi connectivity index (χ2v) is 4.79. The molecule has 0 aliphatic carbocycles. The van der Waals surface area contributed by atoms with E-state index in [0.717, 1.165) is 25.0 Å². The maximum Gasteiger partial charge on any atom is 0.0464 e. The highest BCUT2D eigenvalue weighted by Gasteiger charge is 2.08. The van der Waals surface area contributed by atoms with E-state index in [0.29, 0.717) is 6.04 Å². The van der Waals surface area contributed by atoms with E-state index in [4.69, 9.17) is 4.74 Å². The number of methoxy groups -OCH3 is 1. The number of hydrogen-bond acceptors (Lipinski definition) is 2. The first kappa shape index (κ1) is 13.9. The lowest BCUT2D eigenvalue weighted by Gasteiger charge is -2.18. The fourth-order valence-corrected chi connectivity index (χ4v) is 1.64. The first-order chi connectivity index (χ1) is 6.56. The van der Waals surface area contributed by atoms with Gasteiger partial charge in [0.2, 0.25) is 0 Å². The summed E-state index contributed by atoms with van der Waals surface area (Å²) in [7, 11) is 1.77. The summed E-state index contributed by atoms with van der Waals surface area (Å²) >= 11 is 0. The molecule has 0 fully saturated rings. The Morgan fingerprint density at radius 1 is 1.07 bits per heavy atom. The van der Waals surface area contributed by atoms with Crippen LogP contribution in [0.4, 0.5) is 0 Å². The minimum atomic E-state index is 0.603. The third-order valence-electron chi connectivity index (χ3n) is 2.49. The average Bonchev–Trinajstić information content (AvgIpc) is 2.11. The normalized spacial score (nSPS) is 15.9. The van der Waals surface area contributed by atoms with Crippen LogP contribution < -0.4 is 5.32 Å². The van der Waals surface area contributed by atoms with Crippen molar-refractivity contribution in [1.29, 1.82) is 0 Å². The molecule has 0 aliphatic heterocycles. The first-order valence-corrected chi connectivity index (χ1v) is 5.78. The molecule has 0 aromatic carbocycles. The molecule has 0 heterocycles. The average molecular weight is 201 g/mol. The molecule has 86 valence electrons. The van der Waals surface area contributed by atoms with Gasteiger partial charge >= 0.3 is 0 Å². The summed E-state index contributed by atoms with van der Waals surface area (Å²) in [6.45, 7) is 11.0. The molecule has 2 nitrogen and oxygen atoms in total. The predicted molar refractivity (Wildman–Crippen MR) is 62.6 cm³/mol. The fraction of sp³-hybridized carbons (Fsp3) is 1.00. The van der Waals surface area contributed by atoms with Gasteiger partial charge in [0, 0.05) is 19.8 Å². The fourth-order valence-electron chi connectivity index (χ4n) is 1.64. The van der Waals surface area contributed by atoms with E-state index in [1.54, 1.807) is 7.11 Å². The zero-order valence-corrected chi connectivity index (χ0v) is 10.5. The minimum Gasteiger partial charge on any atom is -0.385 e. The molecule has 0 bridgehead atoms. The third-order valence-corrected chi connectivity index (χ3v) is 2.49. The summed E-state index contributed by atoms with van der Waals surface area (Å²) in [5.41, 5.74) is 0. The van der Waals surface area contributed by atoms with Crippen molar-refractivity contribution in [3.63, 3.8) is 0 Å². The lowest BCUT2D eigenvalue weighted by molar-refractivity contribution is 0.174. The molecule has 2 heteroatoms. The quantitative estimate of drug-likeness (QED) is 0.652. The highest BCUT2D eigenvalue weighted by molar-refractivity contribution is 4.63. The second-order valence-electron chi connectivity index (χ2n) is 4.79. The van der Waals surface area contributed by atoms with Crippen LogP contribution in [-0.2, 0) is 4.74 Å². The molecule has 2 atom stereocenters. The molecule has 0 saturated carbocycles. The van der Waals surface area contributed by atoms with Gasteiger partial charge in [-0.3, -0.25) is 0 Å². The van der Waals surface area contributed by atoms with Crippen molar-refractivity contribution in [1.82, 2.24) is 5.32 Å². The maximum atomic E-state index is 5.08. The van der Waals surface area contributed by atoms with Crippen molar-refractivity contribution in [3.05, 3.63) is 0 Å². The van der Waals surface area contributed by atoms with Crippen molar-refractivity contribution < 1.29 is 4.74 Å². The van der Waals surface area contributed by atoms with Gasteiger partial charge in [-0.15, -0.1) is 0 Å². The van der Waals surface area contributed by atoms with Gasteiger partial charge in [0.25, 0.3) is 0 Å². The van der Waals surface area contributed by atoms with Gasteiger partial charge in [0.15, 0.2) is 0 Å². The van der Waals surface area contributed by atoms with Crippen LogP contribution in [0.5, 0.6) is 0 Å². The monoisotopic (exact) mass is 201 g/mol. The second kappa shape index (κ2) is 8.25. The van der Waals surface area contributed by atoms with Crippen LogP contribution in [0.3, 0.4) is 0 Å². The molecule has 0 rings (SSSR count). The zero-order chi connectivity index (χ0) is 11.0. The van der Waals surface area contributed by atoms with E-state index in [1.807, 2.05) is 0 Å². The molecule has 1 N–H and O–H groups in total.